The van der Waals surface area contributed by atoms with Crippen molar-refractivity contribution in [2.45, 2.75) is 32.3 Å². The Morgan fingerprint density at radius 1 is 1.28 bits per heavy atom. The van der Waals surface area contributed by atoms with Gasteiger partial charge in [0.15, 0.2) is 12.5 Å². The number of ketones is 1. The summed E-state index contributed by atoms with van der Waals surface area (Å²) in [5, 5.41) is 20.6. The molecular formula is C24H23N3O5. The molecule has 4 aliphatic rings. The molecule has 5 heterocycles. The predicted molar refractivity (Wildman–Crippen MR) is 117 cm³/mol. The third-order valence-corrected chi connectivity index (χ3v) is 6.98. The third-order valence-electron chi connectivity index (χ3n) is 6.98. The lowest BCUT2D eigenvalue weighted by Crippen LogP contribution is -2.43. The lowest BCUT2D eigenvalue weighted by Gasteiger charge is -2.39. The van der Waals surface area contributed by atoms with E-state index in [1.54, 1.807) is 10.8 Å². The first-order chi connectivity index (χ1) is 15.4. The lowest BCUT2D eigenvalue weighted by molar-refractivity contribution is -0.142. The largest absolute Gasteiger partial charge is 0.473 e. The van der Waals surface area contributed by atoms with Gasteiger partial charge in [0.1, 0.15) is 18.0 Å². The molecule has 4 aliphatic heterocycles. The highest BCUT2D eigenvalue weighted by molar-refractivity contribution is 5.98. The maximum absolute atomic E-state index is 12.6. The molecule has 1 saturated heterocycles. The predicted octanol–water partition coefficient (Wildman–Crippen LogP) is 1.03. The number of nitrogens with zero attached hydrogens (tertiary/aromatic N) is 1. The van der Waals surface area contributed by atoms with Crippen LogP contribution in [0.4, 0.5) is 11.4 Å². The van der Waals surface area contributed by atoms with Crippen molar-refractivity contribution in [1.29, 1.82) is 0 Å². The molecule has 6 rings (SSSR count). The molecule has 0 aliphatic carbocycles. The quantitative estimate of drug-likeness (QED) is 0.493. The Bertz CT molecular complexity index is 1370. The minimum Gasteiger partial charge on any atom is -0.473 e. The molecule has 0 bridgehead atoms. The summed E-state index contributed by atoms with van der Waals surface area (Å²) in [6.45, 7) is 4.07. The van der Waals surface area contributed by atoms with Crippen molar-refractivity contribution in [1.82, 2.24) is 9.88 Å². The molecule has 1 fully saturated rings. The maximum Gasteiger partial charge on any atom is 0.336 e. The molecule has 1 aromatic heterocycles. The van der Waals surface area contributed by atoms with Crippen LogP contribution in [-0.4, -0.2) is 34.8 Å². The van der Waals surface area contributed by atoms with Crippen molar-refractivity contribution in [3.63, 3.8) is 0 Å². The highest BCUT2D eigenvalue weighted by Crippen LogP contribution is 2.49. The van der Waals surface area contributed by atoms with E-state index in [0.29, 0.717) is 24.4 Å². The summed E-state index contributed by atoms with van der Waals surface area (Å²) in [7, 11) is 0. The topological polar surface area (TPSA) is 102 Å². The number of hydrogen-bond acceptors (Lipinski definition) is 7. The Labute approximate surface area is 183 Å². The van der Waals surface area contributed by atoms with Crippen molar-refractivity contribution in [3.8, 4) is 5.75 Å². The van der Waals surface area contributed by atoms with Crippen LogP contribution in [0.15, 0.2) is 23.9 Å². The number of hydrogen-bond donors (Lipinski definition) is 3. The molecule has 2 aromatic rings. The Kier molecular flexibility index (Phi) is 3.89. The fourth-order valence-electron chi connectivity index (χ4n) is 5.36. The summed E-state index contributed by atoms with van der Waals surface area (Å²) in [6.07, 6.45) is 6.07. The van der Waals surface area contributed by atoms with Crippen LogP contribution in [0.3, 0.4) is 0 Å². The molecule has 2 atom stereocenters. The van der Waals surface area contributed by atoms with Gasteiger partial charge in [0.05, 0.1) is 17.0 Å². The number of carbonyl (C=O) groups is 2. The van der Waals surface area contributed by atoms with Crippen LogP contribution in [0.25, 0.3) is 18.0 Å². The third kappa shape index (κ3) is 2.47. The average molecular weight is 433 g/mol. The van der Waals surface area contributed by atoms with E-state index in [0.717, 1.165) is 38.8 Å². The number of Topliss-reactive ketones (excluding diaryl/α,β-unsaturated/α-hetero) is 1. The summed E-state index contributed by atoms with van der Waals surface area (Å²) in [5.74, 6) is -0.571. The number of aliphatic hydroxyl groups is 1. The van der Waals surface area contributed by atoms with Crippen LogP contribution < -0.4 is 25.8 Å². The summed E-state index contributed by atoms with van der Waals surface area (Å²) >= 11 is 0. The second-order valence-corrected chi connectivity index (χ2v) is 8.71. The Hall–Kier alpha value is -3.52. The summed E-state index contributed by atoms with van der Waals surface area (Å²) in [6, 6.07) is 3.91. The Morgan fingerprint density at radius 3 is 2.94 bits per heavy atom. The van der Waals surface area contributed by atoms with E-state index in [-0.39, 0.29) is 18.8 Å². The van der Waals surface area contributed by atoms with Crippen molar-refractivity contribution in [3.05, 3.63) is 45.6 Å². The zero-order chi connectivity index (χ0) is 22.2. The van der Waals surface area contributed by atoms with E-state index in [4.69, 9.17) is 9.47 Å². The molecule has 0 amide bonds. The first kappa shape index (κ1) is 19.2. The SMILES string of the molecule is CCC1(O)c2c3c(cn2C=C2C(=O)OCC(=O)CC21)C=c1c(ccc2c1=C(C)NCO2)N3. The first-order valence-corrected chi connectivity index (χ1v) is 10.8. The Morgan fingerprint density at radius 2 is 2.12 bits per heavy atom. The van der Waals surface area contributed by atoms with Crippen LogP contribution in [-0.2, 0) is 19.9 Å². The number of benzene rings is 1. The molecule has 2 unspecified atom stereocenters. The van der Waals surface area contributed by atoms with Gasteiger partial charge in [0, 0.05) is 52.1 Å². The molecular weight excluding hydrogens is 410 g/mol. The molecule has 1 aromatic carbocycles. The van der Waals surface area contributed by atoms with Gasteiger partial charge >= 0.3 is 5.97 Å². The van der Waals surface area contributed by atoms with Gasteiger partial charge in [-0.05, 0) is 31.6 Å². The van der Waals surface area contributed by atoms with E-state index in [1.807, 2.05) is 32.2 Å². The number of cyclic esters (lactones) is 1. The number of nitrogens with one attached hydrogen (secondary N) is 2. The van der Waals surface area contributed by atoms with E-state index in [1.165, 1.54) is 0 Å². The van der Waals surface area contributed by atoms with Gasteiger partial charge in [-0.2, -0.15) is 0 Å². The summed E-state index contributed by atoms with van der Waals surface area (Å²) in [5.41, 5.74) is 3.20. The highest BCUT2D eigenvalue weighted by Gasteiger charge is 2.50. The second-order valence-electron chi connectivity index (χ2n) is 8.71. The van der Waals surface area contributed by atoms with Crippen LogP contribution in [0, 0.1) is 5.92 Å². The molecule has 3 N–H and O–H groups in total. The van der Waals surface area contributed by atoms with Gasteiger partial charge in [-0.25, -0.2) is 4.79 Å². The van der Waals surface area contributed by atoms with E-state index >= 15 is 0 Å². The standard InChI is InChI=1S/C24H23N3O5/c1-3-24(30)17-7-14(28)10-31-23(29)16(17)9-27-8-13-6-15-18(26-21(13)22(24)27)4-5-19-20(15)12(2)25-11-32-19/h4-6,8-9,17,25-26,30H,3,7,10-11H2,1-2H3. The van der Waals surface area contributed by atoms with E-state index < -0.39 is 17.5 Å². The number of ether oxygens (including phenoxy) is 2. The van der Waals surface area contributed by atoms with Crippen LogP contribution >= 0.6 is 0 Å². The molecule has 32 heavy (non-hydrogen) atoms. The molecule has 0 radical (unpaired) electrons. The van der Waals surface area contributed by atoms with Gasteiger partial charge in [0.25, 0.3) is 0 Å². The maximum atomic E-state index is 12.6. The summed E-state index contributed by atoms with van der Waals surface area (Å²) in [4.78, 5) is 24.9. The average Bonchev–Trinajstić information content (AvgIpc) is 3.08. The number of anilines is 2. The van der Waals surface area contributed by atoms with Crippen LogP contribution in [0.5, 0.6) is 5.75 Å². The molecule has 164 valence electrons. The van der Waals surface area contributed by atoms with Gasteiger partial charge in [0.2, 0.25) is 0 Å². The minimum absolute atomic E-state index is 0.0623. The minimum atomic E-state index is -1.39. The molecule has 8 heteroatoms. The zero-order valence-electron chi connectivity index (χ0n) is 17.8. The van der Waals surface area contributed by atoms with Crippen LogP contribution in [0.2, 0.25) is 0 Å². The number of carbonyl (C=O) groups excluding carboxylic acids is 2. The summed E-state index contributed by atoms with van der Waals surface area (Å²) < 4.78 is 12.7. The van der Waals surface area contributed by atoms with Crippen LogP contribution in [0.1, 0.15) is 37.9 Å². The smallest absolute Gasteiger partial charge is 0.336 e. The van der Waals surface area contributed by atoms with Crippen molar-refractivity contribution in [2.75, 3.05) is 18.7 Å². The molecule has 0 saturated carbocycles. The van der Waals surface area contributed by atoms with Crippen molar-refractivity contribution < 1.29 is 24.2 Å². The van der Waals surface area contributed by atoms with Gasteiger partial charge in [-0.1, -0.05) is 6.92 Å². The van der Waals surface area contributed by atoms with E-state index in [9.17, 15) is 14.7 Å². The van der Waals surface area contributed by atoms with E-state index in [2.05, 4.69) is 16.7 Å². The van der Waals surface area contributed by atoms with Gasteiger partial charge in [-0.3, -0.25) is 4.79 Å². The van der Waals surface area contributed by atoms with Crippen molar-refractivity contribution >= 4 is 41.1 Å². The Balaban J connectivity index is 1.61. The van der Waals surface area contributed by atoms with Gasteiger partial charge < -0.3 is 29.8 Å². The lowest BCUT2D eigenvalue weighted by atomic mass is 9.73. The zero-order valence-corrected chi connectivity index (χ0v) is 17.8. The highest BCUT2D eigenvalue weighted by atomic mass is 16.5. The molecule has 8 nitrogen and oxygen atoms in total. The normalized spacial score (nSPS) is 25.2. The molecule has 0 spiro atoms. The number of fused-ring (bicyclic) bond motifs is 7. The van der Waals surface area contributed by atoms with Crippen molar-refractivity contribution in [2.24, 2.45) is 5.92 Å². The number of rotatable bonds is 1. The number of esters is 1. The number of aromatic nitrogens is 1. The second kappa shape index (κ2) is 6.49. The first-order valence-electron chi connectivity index (χ1n) is 10.8. The van der Waals surface area contributed by atoms with Gasteiger partial charge in [-0.15, -0.1) is 0 Å². The fourth-order valence-corrected chi connectivity index (χ4v) is 5.36. The monoisotopic (exact) mass is 433 g/mol. The fraction of sp³-hybridized carbons (Fsp3) is 0.333.